The maximum atomic E-state index is 11.3. The zero-order valence-electron chi connectivity index (χ0n) is 10.6. The van der Waals surface area contributed by atoms with Crippen molar-refractivity contribution in [1.29, 1.82) is 0 Å². The molecule has 0 saturated carbocycles. The van der Waals surface area contributed by atoms with E-state index >= 15 is 0 Å². The highest BCUT2D eigenvalue weighted by Gasteiger charge is 2.34. The molecule has 1 rings (SSSR count). The minimum Gasteiger partial charge on any atom is -0.481 e. The Morgan fingerprint density at radius 3 is 2.29 bits per heavy atom. The van der Waals surface area contributed by atoms with Gasteiger partial charge in [-0.2, -0.15) is 0 Å². The first-order valence-corrected chi connectivity index (χ1v) is 6.12. The fourth-order valence-corrected chi connectivity index (χ4v) is 1.92. The Morgan fingerprint density at radius 1 is 1.24 bits per heavy atom. The summed E-state index contributed by atoms with van der Waals surface area (Å²) in [4.78, 5) is 11.3. The maximum Gasteiger partial charge on any atom is 0.310 e. The van der Waals surface area contributed by atoms with Crippen molar-refractivity contribution < 1.29 is 9.90 Å². The monoisotopic (exact) mass is 235 g/mol. The van der Waals surface area contributed by atoms with Crippen LogP contribution in [0.2, 0.25) is 0 Å². The van der Waals surface area contributed by atoms with E-state index < -0.39 is 11.4 Å². The molecule has 0 aromatic heterocycles. The van der Waals surface area contributed by atoms with Crippen LogP contribution in [-0.2, 0) is 11.3 Å². The van der Waals surface area contributed by atoms with E-state index in [1.54, 1.807) is 0 Å². The molecule has 3 heteroatoms. The number of rotatable bonds is 7. The van der Waals surface area contributed by atoms with Gasteiger partial charge in [0.1, 0.15) is 0 Å². The molecule has 3 nitrogen and oxygen atoms in total. The molecule has 0 aliphatic carbocycles. The summed E-state index contributed by atoms with van der Waals surface area (Å²) in [5.74, 6) is -0.705. The number of hydrogen-bond acceptors (Lipinski definition) is 2. The van der Waals surface area contributed by atoms with E-state index in [-0.39, 0.29) is 0 Å². The molecule has 94 valence electrons. The first-order valence-electron chi connectivity index (χ1n) is 6.12. The van der Waals surface area contributed by atoms with Crippen molar-refractivity contribution in [3.63, 3.8) is 0 Å². The van der Waals surface area contributed by atoms with Gasteiger partial charge < -0.3 is 10.4 Å². The standard InChI is InChI=1S/C14H21NO2/c1-3-14(4-2,13(16)17)11-15-10-12-8-6-5-7-9-12/h5-9,15H,3-4,10-11H2,1-2H3,(H,16,17). The lowest BCUT2D eigenvalue weighted by Crippen LogP contribution is -2.39. The van der Waals surface area contributed by atoms with Crippen LogP contribution in [0, 0.1) is 5.41 Å². The summed E-state index contributed by atoms with van der Waals surface area (Å²) in [7, 11) is 0. The third-order valence-electron chi connectivity index (χ3n) is 3.44. The Bertz CT molecular complexity index is 344. The second-order valence-corrected chi connectivity index (χ2v) is 4.38. The number of nitrogens with one attached hydrogen (secondary N) is 1. The van der Waals surface area contributed by atoms with Crippen LogP contribution < -0.4 is 5.32 Å². The van der Waals surface area contributed by atoms with E-state index in [0.29, 0.717) is 19.4 Å². The van der Waals surface area contributed by atoms with Crippen molar-refractivity contribution in [2.24, 2.45) is 5.41 Å². The molecule has 17 heavy (non-hydrogen) atoms. The molecule has 1 aromatic carbocycles. The second-order valence-electron chi connectivity index (χ2n) is 4.38. The summed E-state index contributed by atoms with van der Waals surface area (Å²) in [6.45, 7) is 5.10. The predicted octanol–water partition coefficient (Wildman–Crippen LogP) is 2.67. The molecule has 0 heterocycles. The molecule has 0 unspecified atom stereocenters. The Morgan fingerprint density at radius 2 is 1.82 bits per heavy atom. The largest absolute Gasteiger partial charge is 0.481 e. The van der Waals surface area contributed by atoms with Crippen LogP contribution in [-0.4, -0.2) is 17.6 Å². The van der Waals surface area contributed by atoms with Crippen LogP contribution in [0.1, 0.15) is 32.3 Å². The van der Waals surface area contributed by atoms with Gasteiger partial charge >= 0.3 is 5.97 Å². The Kier molecular flexibility index (Phi) is 5.16. The zero-order chi connectivity index (χ0) is 12.7. The molecule has 0 atom stereocenters. The molecule has 0 bridgehead atoms. The fourth-order valence-electron chi connectivity index (χ4n) is 1.92. The summed E-state index contributed by atoms with van der Waals surface area (Å²) < 4.78 is 0. The van der Waals surface area contributed by atoms with E-state index in [9.17, 15) is 9.90 Å². The third-order valence-corrected chi connectivity index (χ3v) is 3.44. The minimum atomic E-state index is -0.705. The number of aliphatic carboxylic acids is 1. The van der Waals surface area contributed by atoms with Gasteiger partial charge in [-0.25, -0.2) is 0 Å². The van der Waals surface area contributed by atoms with Gasteiger partial charge in [-0.05, 0) is 18.4 Å². The highest BCUT2D eigenvalue weighted by Crippen LogP contribution is 2.25. The van der Waals surface area contributed by atoms with Crippen LogP contribution in [0.4, 0.5) is 0 Å². The Balaban J connectivity index is 2.51. The van der Waals surface area contributed by atoms with Gasteiger partial charge in [0.05, 0.1) is 5.41 Å². The number of carboxylic acid groups (broad SMARTS) is 1. The summed E-state index contributed by atoms with van der Waals surface area (Å²) in [6, 6.07) is 10.0. The molecular formula is C14H21NO2. The van der Waals surface area contributed by atoms with Crippen LogP contribution in [0.5, 0.6) is 0 Å². The van der Waals surface area contributed by atoms with Gasteiger partial charge in [-0.1, -0.05) is 44.2 Å². The summed E-state index contributed by atoms with van der Waals surface area (Å²) >= 11 is 0. The summed E-state index contributed by atoms with van der Waals surface area (Å²) in [5.41, 5.74) is 0.549. The fraction of sp³-hybridized carbons (Fsp3) is 0.500. The highest BCUT2D eigenvalue weighted by molar-refractivity contribution is 5.74. The Labute approximate surface area is 103 Å². The smallest absolute Gasteiger partial charge is 0.310 e. The molecule has 0 spiro atoms. The van der Waals surface area contributed by atoms with Gasteiger partial charge in [-0.15, -0.1) is 0 Å². The third kappa shape index (κ3) is 3.56. The molecule has 0 aliphatic heterocycles. The topological polar surface area (TPSA) is 49.3 Å². The molecule has 0 aliphatic rings. The predicted molar refractivity (Wildman–Crippen MR) is 68.8 cm³/mol. The van der Waals surface area contributed by atoms with Crippen molar-refractivity contribution in [1.82, 2.24) is 5.32 Å². The van der Waals surface area contributed by atoms with Crippen molar-refractivity contribution in [2.75, 3.05) is 6.54 Å². The molecule has 0 saturated heterocycles. The lowest BCUT2D eigenvalue weighted by molar-refractivity contribution is -0.149. The number of carbonyl (C=O) groups is 1. The maximum absolute atomic E-state index is 11.3. The molecular weight excluding hydrogens is 214 g/mol. The average Bonchev–Trinajstić information content (AvgIpc) is 2.36. The van der Waals surface area contributed by atoms with Crippen molar-refractivity contribution >= 4 is 5.97 Å². The van der Waals surface area contributed by atoms with Crippen molar-refractivity contribution in [2.45, 2.75) is 33.2 Å². The summed E-state index contributed by atoms with van der Waals surface area (Å²) in [6.07, 6.45) is 1.31. The minimum absolute atomic E-state index is 0.518. The first-order chi connectivity index (χ1) is 8.14. The van der Waals surface area contributed by atoms with Gasteiger partial charge in [0.25, 0.3) is 0 Å². The summed E-state index contributed by atoms with van der Waals surface area (Å²) in [5, 5.41) is 12.5. The molecule has 0 amide bonds. The highest BCUT2D eigenvalue weighted by atomic mass is 16.4. The van der Waals surface area contributed by atoms with Crippen LogP contribution in [0.3, 0.4) is 0 Å². The van der Waals surface area contributed by atoms with E-state index in [1.165, 1.54) is 5.56 Å². The van der Waals surface area contributed by atoms with Crippen LogP contribution >= 0.6 is 0 Å². The zero-order valence-corrected chi connectivity index (χ0v) is 10.6. The van der Waals surface area contributed by atoms with Crippen molar-refractivity contribution in [3.05, 3.63) is 35.9 Å². The lowest BCUT2D eigenvalue weighted by Gasteiger charge is -2.27. The molecule has 0 fully saturated rings. The SMILES string of the molecule is CCC(CC)(CNCc1ccccc1)C(=O)O. The van der Waals surface area contributed by atoms with Gasteiger partial charge in [0.2, 0.25) is 0 Å². The first kappa shape index (κ1) is 13.7. The van der Waals surface area contributed by atoms with E-state index in [1.807, 2.05) is 44.2 Å². The van der Waals surface area contributed by atoms with E-state index in [4.69, 9.17) is 0 Å². The van der Waals surface area contributed by atoms with E-state index in [2.05, 4.69) is 5.32 Å². The van der Waals surface area contributed by atoms with Crippen LogP contribution in [0.15, 0.2) is 30.3 Å². The Hall–Kier alpha value is -1.35. The number of carboxylic acids is 1. The van der Waals surface area contributed by atoms with Gasteiger partial charge in [0, 0.05) is 13.1 Å². The van der Waals surface area contributed by atoms with E-state index in [0.717, 1.165) is 6.54 Å². The van der Waals surface area contributed by atoms with Gasteiger partial charge in [0.15, 0.2) is 0 Å². The second kappa shape index (κ2) is 6.40. The molecule has 0 radical (unpaired) electrons. The normalized spacial score (nSPS) is 11.4. The molecule has 1 aromatic rings. The lowest BCUT2D eigenvalue weighted by atomic mass is 9.82. The number of benzene rings is 1. The quantitative estimate of drug-likeness (QED) is 0.764. The molecule has 2 N–H and O–H groups in total. The van der Waals surface area contributed by atoms with Gasteiger partial charge in [-0.3, -0.25) is 4.79 Å². The van der Waals surface area contributed by atoms with Crippen LogP contribution in [0.25, 0.3) is 0 Å². The average molecular weight is 235 g/mol. The number of hydrogen-bond donors (Lipinski definition) is 2. The van der Waals surface area contributed by atoms with Crippen molar-refractivity contribution in [3.8, 4) is 0 Å².